The Kier molecular flexibility index (Phi) is 3.13. The molecule has 0 bridgehead atoms. The maximum absolute atomic E-state index is 11.6. The molecule has 0 aromatic heterocycles. The second-order valence-corrected chi connectivity index (χ2v) is 4.46. The summed E-state index contributed by atoms with van der Waals surface area (Å²) in [6.07, 6.45) is 0. The van der Waals surface area contributed by atoms with E-state index in [-0.39, 0.29) is 35.7 Å². The minimum Gasteiger partial charge on any atom is -0.342 e. The number of carbonyl (C=O) groups excluding carboxylic acids is 2. The van der Waals surface area contributed by atoms with Crippen LogP contribution in [0.3, 0.4) is 0 Å². The monoisotopic (exact) mass is 198 g/mol. The van der Waals surface area contributed by atoms with E-state index in [1.54, 1.807) is 0 Å². The third-order valence-electron chi connectivity index (χ3n) is 2.49. The van der Waals surface area contributed by atoms with Gasteiger partial charge in [0.25, 0.3) is 0 Å². The Morgan fingerprint density at radius 1 is 0.857 bits per heavy atom. The van der Waals surface area contributed by atoms with Crippen molar-refractivity contribution < 1.29 is 9.59 Å². The minimum absolute atomic E-state index is 0.0710. The average Bonchev–Trinajstić information content (AvgIpc) is 2.07. The van der Waals surface area contributed by atoms with Crippen LogP contribution in [-0.4, -0.2) is 23.9 Å². The highest BCUT2D eigenvalue weighted by atomic mass is 16.2. The molecule has 1 aliphatic heterocycles. The SMILES string of the molecule is CC(C)[C@@H]1NC(=O)[C@@H](C(C)C)NC1=O. The van der Waals surface area contributed by atoms with Gasteiger partial charge < -0.3 is 10.6 Å². The van der Waals surface area contributed by atoms with E-state index in [9.17, 15) is 9.59 Å². The van der Waals surface area contributed by atoms with Gasteiger partial charge in [0.1, 0.15) is 12.1 Å². The molecule has 14 heavy (non-hydrogen) atoms. The number of piperazine rings is 1. The van der Waals surface area contributed by atoms with Crippen molar-refractivity contribution in [3.8, 4) is 0 Å². The lowest BCUT2D eigenvalue weighted by Crippen LogP contribution is -2.64. The molecule has 0 radical (unpaired) electrons. The number of amides is 2. The molecule has 2 amide bonds. The first-order chi connectivity index (χ1) is 6.43. The van der Waals surface area contributed by atoms with Gasteiger partial charge in [-0.2, -0.15) is 0 Å². The van der Waals surface area contributed by atoms with Crippen LogP contribution in [-0.2, 0) is 9.59 Å². The van der Waals surface area contributed by atoms with Gasteiger partial charge in [-0.15, -0.1) is 0 Å². The fourth-order valence-electron chi connectivity index (χ4n) is 1.56. The Morgan fingerprint density at radius 2 is 1.14 bits per heavy atom. The van der Waals surface area contributed by atoms with Gasteiger partial charge in [-0.1, -0.05) is 27.7 Å². The number of hydrogen-bond acceptors (Lipinski definition) is 2. The topological polar surface area (TPSA) is 58.2 Å². The van der Waals surface area contributed by atoms with Gasteiger partial charge in [0, 0.05) is 0 Å². The highest BCUT2D eigenvalue weighted by Crippen LogP contribution is 2.11. The van der Waals surface area contributed by atoms with Crippen LogP contribution in [0.5, 0.6) is 0 Å². The van der Waals surface area contributed by atoms with Gasteiger partial charge in [0.05, 0.1) is 0 Å². The van der Waals surface area contributed by atoms with Crippen LogP contribution in [0.2, 0.25) is 0 Å². The molecule has 1 rings (SSSR count). The molecule has 1 saturated heterocycles. The third-order valence-corrected chi connectivity index (χ3v) is 2.49. The minimum atomic E-state index is -0.377. The van der Waals surface area contributed by atoms with E-state index in [1.807, 2.05) is 27.7 Å². The predicted molar refractivity (Wildman–Crippen MR) is 53.5 cm³/mol. The fourth-order valence-corrected chi connectivity index (χ4v) is 1.56. The summed E-state index contributed by atoms with van der Waals surface area (Å²) in [5, 5.41) is 5.49. The Bertz CT molecular complexity index is 223. The van der Waals surface area contributed by atoms with Crippen molar-refractivity contribution in [3.63, 3.8) is 0 Å². The highest BCUT2D eigenvalue weighted by Gasteiger charge is 2.36. The zero-order valence-corrected chi connectivity index (χ0v) is 9.13. The highest BCUT2D eigenvalue weighted by molar-refractivity contribution is 5.97. The first kappa shape index (κ1) is 11.0. The molecule has 1 fully saturated rings. The molecule has 0 spiro atoms. The van der Waals surface area contributed by atoms with Gasteiger partial charge in [-0.05, 0) is 11.8 Å². The normalized spacial score (nSPS) is 27.9. The van der Waals surface area contributed by atoms with Crippen LogP contribution >= 0.6 is 0 Å². The number of carbonyl (C=O) groups is 2. The molecule has 0 saturated carbocycles. The van der Waals surface area contributed by atoms with E-state index in [0.717, 1.165) is 0 Å². The zero-order valence-electron chi connectivity index (χ0n) is 9.13. The quantitative estimate of drug-likeness (QED) is 0.669. The van der Waals surface area contributed by atoms with Gasteiger partial charge in [0.2, 0.25) is 11.8 Å². The summed E-state index contributed by atoms with van der Waals surface area (Å²) in [4.78, 5) is 23.1. The van der Waals surface area contributed by atoms with Crippen molar-refractivity contribution in [3.05, 3.63) is 0 Å². The third kappa shape index (κ3) is 2.05. The lowest BCUT2D eigenvalue weighted by Gasteiger charge is -2.33. The second-order valence-electron chi connectivity index (χ2n) is 4.46. The number of nitrogens with one attached hydrogen (secondary N) is 2. The average molecular weight is 198 g/mol. The Hall–Kier alpha value is -1.06. The Morgan fingerprint density at radius 3 is 1.36 bits per heavy atom. The zero-order chi connectivity index (χ0) is 10.9. The smallest absolute Gasteiger partial charge is 0.243 e. The molecule has 4 heteroatoms. The summed E-state index contributed by atoms with van der Waals surface area (Å²) in [6.45, 7) is 7.67. The molecule has 80 valence electrons. The molecule has 0 aromatic carbocycles. The summed E-state index contributed by atoms with van der Waals surface area (Å²) in [5.41, 5.74) is 0. The molecule has 2 atom stereocenters. The lowest BCUT2D eigenvalue weighted by atomic mass is 9.95. The van der Waals surface area contributed by atoms with Crippen molar-refractivity contribution >= 4 is 11.8 Å². The van der Waals surface area contributed by atoms with Crippen LogP contribution in [0.15, 0.2) is 0 Å². The van der Waals surface area contributed by atoms with Crippen molar-refractivity contribution in [2.24, 2.45) is 11.8 Å². The fraction of sp³-hybridized carbons (Fsp3) is 0.800. The van der Waals surface area contributed by atoms with Crippen molar-refractivity contribution in [2.75, 3.05) is 0 Å². The predicted octanol–water partition coefficient (Wildman–Crippen LogP) is 0.282. The molecule has 0 aliphatic carbocycles. The van der Waals surface area contributed by atoms with Crippen molar-refractivity contribution in [1.82, 2.24) is 10.6 Å². The maximum atomic E-state index is 11.6. The molecule has 0 aromatic rings. The second kappa shape index (κ2) is 3.98. The van der Waals surface area contributed by atoms with E-state index in [0.29, 0.717) is 0 Å². The molecular formula is C10H18N2O2. The number of hydrogen-bond donors (Lipinski definition) is 2. The Labute approximate surface area is 84.4 Å². The molecule has 1 heterocycles. The number of rotatable bonds is 2. The van der Waals surface area contributed by atoms with Gasteiger partial charge in [-0.3, -0.25) is 9.59 Å². The van der Waals surface area contributed by atoms with E-state index >= 15 is 0 Å². The van der Waals surface area contributed by atoms with Gasteiger partial charge >= 0.3 is 0 Å². The largest absolute Gasteiger partial charge is 0.342 e. The lowest BCUT2D eigenvalue weighted by molar-refractivity contribution is -0.138. The summed E-state index contributed by atoms with van der Waals surface area (Å²) in [6, 6.07) is -0.755. The van der Waals surface area contributed by atoms with Crippen LogP contribution < -0.4 is 10.6 Å². The van der Waals surface area contributed by atoms with E-state index < -0.39 is 0 Å². The standard InChI is InChI=1S/C10H18N2O2/c1-5(2)7-9(13)12-8(6(3)4)10(14)11-7/h5-8H,1-4H3,(H,11,14)(H,12,13)/t7-,8+. The molecule has 1 aliphatic rings. The van der Waals surface area contributed by atoms with E-state index in [1.165, 1.54) is 0 Å². The van der Waals surface area contributed by atoms with Crippen LogP contribution in [0.25, 0.3) is 0 Å². The van der Waals surface area contributed by atoms with E-state index in [2.05, 4.69) is 10.6 Å². The summed E-state index contributed by atoms with van der Waals surface area (Å²) in [5.74, 6) is 0.121. The molecular weight excluding hydrogens is 180 g/mol. The van der Waals surface area contributed by atoms with Crippen LogP contribution in [0.1, 0.15) is 27.7 Å². The van der Waals surface area contributed by atoms with Crippen molar-refractivity contribution in [1.29, 1.82) is 0 Å². The van der Waals surface area contributed by atoms with Crippen molar-refractivity contribution in [2.45, 2.75) is 39.8 Å². The maximum Gasteiger partial charge on any atom is 0.243 e. The first-order valence-electron chi connectivity index (χ1n) is 5.04. The summed E-state index contributed by atoms with van der Waals surface area (Å²) in [7, 11) is 0. The van der Waals surface area contributed by atoms with Gasteiger partial charge in [-0.25, -0.2) is 0 Å². The summed E-state index contributed by atoms with van der Waals surface area (Å²) >= 11 is 0. The molecule has 4 nitrogen and oxygen atoms in total. The van der Waals surface area contributed by atoms with E-state index in [4.69, 9.17) is 0 Å². The molecule has 2 N–H and O–H groups in total. The summed E-state index contributed by atoms with van der Waals surface area (Å²) < 4.78 is 0. The molecule has 0 unspecified atom stereocenters. The van der Waals surface area contributed by atoms with Gasteiger partial charge in [0.15, 0.2) is 0 Å². The van der Waals surface area contributed by atoms with Crippen LogP contribution in [0, 0.1) is 11.8 Å². The van der Waals surface area contributed by atoms with Crippen LogP contribution in [0.4, 0.5) is 0 Å². The first-order valence-corrected chi connectivity index (χ1v) is 5.04. The Balaban J connectivity index is 2.72.